The number of benzene rings is 5. The Kier molecular flexibility index (Phi) is 11.1. The fraction of sp³-hybridized carbons (Fsp3) is 0.167. The molecule has 0 fully saturated rings. The van der Waals surface area contributed by atoms with Crippen molar-refractivity contribution in [3.8, 4) is 39.7 Å². The minimum absolute atomic E-state index is 0.00229. The first-order valence-electron chi connectivity index (χ1n) is 16.9. The second kappa shape index (κ2) is 16.1. The maximum atomic E-state index is 13.6. The summed E-state index contributed by atoms with van der Waals surface area (Å²) in [4.78, 5) is 30.8. The van der Waals surface area contributed by atoms with Crippen LogP contribution in [0.15, 0.2) is 126 Å². The van der Waals surface area contributed by atoms with Gasteiger partial charge in [0.05, 0.1) is 18.9 Å². The normalized spacial score (nSPS) is 11.9. The number of anilines is 1. The van der Waals surface area contributed by atoms with Gasteiger partial charge >= 0.3 is 12.1 Å². The molecule has 6 rings (SSSR count). The Bertz CT molecular complexity index is 2220. The number of aliphatic hydroxyl groups excluding tert-OH is 1. The highest BCUT2D eigenvalue weighted by atomic mass is 19.4. The summed E-state index contributed by atoms with van der Waals surface area (Å²) in [6.07, 6.45) is -4.73. The number of nitrogens with one attached hydrogen (secondary N) is 1. The van der Waals surface area contributed by atoms with Crippen LogP contribution >= 0.6 is 0 Å². The van der Waals surface area contributed by atoms with E-state index in [2.05, 4.69) is 34.6 Å². The summed E-state index contributed by atoms with van der Waals surface area (Å²) in [7, 11) is 1.27. The molecular weight excluding hydrogens is 699 g/mol. The fourth-order valence-corrected chi connectivity index (χ4v) is 5.92. The molecule has 1 unspecified atom stereocenters. The zero-order valence-corrected chi connectivity index (χ0v) is 29.3. The number of alkyl halides is 3. The summed E-state index contributed by atoms with van der Waals surface area (Å²) in [6.45, 7) is 1.49. The Morgan fingerprint density at radius 2 is 1.46 bits per heavy atom. The number of aliphatic hydroxyl groups is 1. The molecule has 1 amide bonds. The van der Waals surface area contributed by atoms with Gasteiger partial charge < -0.3 is 29.6 Å². The number of carboxylic acid groups (broad SMARTS) is 1. The number of halogens is 3. The van der Waals surface area contributed by atoms with E-state index in [4.69, 9.17) is 9.15 Å². The number of amides is 1. The minimum atomic E-state index is -4.65. The molecule has 0 spiro atoms. The number of aliphatic carboxylic acids is 1. The molecule has 276 valence electrons. The van der Waals surface area contributed by atoms with Crippen LogP contribution in [0.3, 0.4) is 0 Å². The van der Waals surface area contributed by atoms with Gasteiger partial charge in [-0.1, -0.05) is 72.3 Å². The van der Waals surface area contributed by atoms with Crippen LogP contribution in [0, 0.1) is 6.92 Å². The summed E-state index contributed by atoms with van der Waals surface area (Å²) in [5, 5.41) is 22.8. The summed E-state index contributed by atoms with van der Waals surface area (Å²) in [5.41, 5.74) is 5.12. The molecule has 54 heavy (non-hydrogen) atoms. The maximum Gasteiger partial charge on any atom is 0.416 e. The molecule has 0 bridgehead atoms. The van der Waals surface area contributed by atoms with Crippen molar-refractivity contribution < 1.29 is 42.1 Å². The lowest BCUT2D eigenvalue weighted by Gasteiger charge is -2.22. The van der Waals surface area contributed by atoms with E-state index in [1.807, 2.05) is 31.2 Å². The van der Waals surface area contributed by atoms with E-state index in [0.29, 0.717) is 28.5 Å². The second-order valence-corrected chi connectivity index (χ2v) is 12.7. The highest BCUT2D eigenvalue weighted by molar-refractivity contribution is 5.96. The van der Waals surface area contributed by atoms with E-state index in [0.717, 1.165) is 22.8 Å². The maximum absolute atomic E-state index is 13.6. The topological polar surface area (TPSA) is 125 Å². The number of oxazole rings is 1. The van der Waals surface area contributed by atoms with E-state index in [1.54, 1.807) is 30.5 Å². The first-order chi connectivity index (χ1) is 25.9. The van der Waals surface area contributed by atoms with Gasteiger partial charge in [-0.05, 0) is 77.7 Å². The van der Waals surface area contributed by atoms with Crippen molar-refractivity contribution in [3.05, 3.63) is 149 Å². The molecule has 0 saturated heterocycles. The third-order valence-corrected chi connectivity index (χ3v) is 8.75. The van der Waals surface area contributed by atoms with Crippen molar-refractivity contribution in [2.75, 3.05) is 19.0 Å². The van der Waals surface area contributed by atoms with Crippen LogP contribution in [-0.2, 0) is 23.9 Å². The van der Waals surface area contributed by atoms with E-state index in [1.165, 1.54) is 54.0 Å². The summed E-state index contributed by atoms with van der Waals surface area (Å²) in [6, 6.07) is 32.8. The predicted octanol–water partition coefficient (Wildman–Crippen LogP) is 8.71. The minimum Gasteiger partial charge on any atom is -0.497 e. The van der Waals surface area contributed by atoms with Gasteiger partial charge in [0.1, 0.15) is 18.5 Å². The van der Waals surface area contributed by atoms with E-state index >= 15 is 0 Å². The van der Waals surface area contributed by atoms with E-state index in [9.17, 15) is 33.0 Å². The average Bonchev–Trinajstić information content (AvgIpc) is 3.65. The van der Waals surface area contributed by atoms with Crippen LogP contribution in [0.4, 0.5) is 18.9 Å². The van der Waals surface area contributed by atoms with E-state index < -0.39 is 36.4 Å². The molecule has 0 radical (unpaired) electrons. The molecule has 0 aliphatic heterocycles. The summed E-state index contributed by atoms with van der Waals surface area (Å²) >= 11 is 0. The largest absolute Gasteiger partial charge is 0.497 e. The lowest BCUT2D eigenvalue weighted by molar-refractivity contribution is -0.139. The van der Waals surface area contributed by atoms with Gasteiger partial charge in [0, 0.05) is 35.3 Å². The van der Waals surface area contributed by atoms with E-state index in [-0.39, 0.29) is 29.8 Å². The van der Waals surface area contributed by atoms with Crippen molar-refractivity contribution in [2.45, 2.75) is 32.3 Å². The van der Waals surface area contributed by atoms with Crippen LogP contribution < -0.4 is 10.1 Å². The third-order valence-electron chi connectivity index (χ3n) is 8.75. The molecule has 12 heteroatoms. The molecule has 9 nitrogen and oxygen atoms in total. The van der Waals surface area contributed by atoms with Crippen molar-refractivity contribution in [3.63, 3.8) is 0 Å². The number of nitrogens with zero attached hydrogens (tertiary/aromatic N) is 2. The first-order valence-corrected chi connectivity index (χ1v) is 16.9. The van der Waals surface area contributed by atoms with Gasteiger partial charge in [0.2, 0.25) is 5.89 Å². The molecule has 1 heterocycles. The summed E-state index contributed by atoms with van der Waals surface area (Å²) in [5.74, 6) is -0.697. The number of hydrogen-bond acceptors (Lipinski definition) is 7. The fourth-order valence-electron chi connectivity index (χ4n) is 5.92. The number of carbonyl (C=O) groups is 2. The number of ether oxygens (including phenoxy) is 1. The van der Waals surface area contributed by atoms with Gasteiger partial charge in [-0.15, -0.1) is 0 Å². The highest BCUT2D eigenvalue weighted by Crippen LogP contribution is 2.35. The number of carbonyl (C=O) groups excluding carboxylic acids is 1. The van der Waals surface area contributed by atoms with Crippen LogP contribution in [0.25, 0.3) is 33.9 Å². The van der Waals surface area contributed by atoms with Crippen molar-refractivity contribution >= 4 is 17.6 Å². The molecule has 0 saturated carbocycles. The number of carboxylic acids is 1. The van der Waals surface area contributed by atoms with Crippen molar-refractivity contribution in [1.29, 1.82) is 0 Å². The van der Waals surface area contributed by atoms with Crippen molar-refractivity contribution in [1.82, 2.24) is 9.88 Å². The van der Waals surface area contributed by atoms with Gasteiger partial charge in [-0.25, -0.2) is 4.98 Å². The third kappa shape index (κ3) is 9.14. The average molecular weight is 736 g/mol. The molecule has 1 aromatic heterocycles. The monoisotopic (exact) mass is 735 g/mol. The number of aryl methyl sites for hydroxylation is 1. The number of aromatic nitrogens is 1. The summed E-state index contributed by atoms with van der Waals surface area (Å²) < 4.78 is 51.8. The Labute approximate surface area is 309 Å². The Morgan fingerprint density at radius 1 is 0.852 bits per heavy atom. The Morgan fingerprint density at radius 3 is 2.07 bits per heavy atom. The van der Waals surface area contributed by atoms with Gasteiger partial charge in [0.25, 0.3) is 5.91 Å². The van der Waals surface area contributed by atoms with Crippen LogP contribution in [0.1, 0.15) is 32.6 Å². The number of methoxy groups -OCH3 is 1. The van der Waals surface area contributed by atoms with Gasteiger partial charge in [0.15, 0.2) is 5.76 Å². The molecule has 3 N–H and O–H groups in total. The van der Waals surface area contributed by atoms with Crippen molar-refractivity contribution in [2.24, 2.45) is 0 Å². The van der Waals surface area contributed by atoms with Gasteiger partial charge in [-0.3, -0.25) is 9.59 Å². The lowest BCUT2D eigenvalue weighted by Crippen LogP contribution is -2.35. The van der Waals surface area contributed by atoms with Crippen LogP contribution in [0.2, 0.25) is 0 Å². The quantitative estimate of drug-likeness (QED) is 0.101. The molecule has 1 atom stereocenters. The second-order valence-electron chi connectivity index (χ2n) is 12.7. The zero-order chi connectivity index (χ0) is 38.4. The Hall–Kier alpha value is -6.40. The Balaban J connectivity index is 1.08. The van der Waals surface area contributed by atoms with Crippen LogP contribution in [-0.4, -0.2) is 51.9 Å². The molecule has 0 aliphatic carbocycles. The molecule has 6 aromatic rings. The predicted molar refractivity (Wildman–Crippen MR) is 198 cm³/mol. The molecule has 5 aromatic carbocycles. The lowest BCUT2D eigenvalue weighted by atomic mass is 10.0. The SMILES string of the molecule is COc1ccc(CC(O)Nc2ccc(C(=O)N(CC(=O)O)Cc3ccc(-c4ncc(-c5ccc(-c6ccc(C)cc6)cc5)o4)cc3)cc2)c(C(F)(F)F)c1. The first kappa shape index (κ1) is 37.4. The van der Waals surface area contributed by atoms with Gasteiger partial charge in [-0.2, -0.15) is 13.2 Å². The number of rotatable bonds is 13. The highest BCUT2D eigenvalue weighted by Gasteiger charge is 2.34. The smallest absolute Gasteiger partial charge is 0.416 e. The number of hydrogen-bond donors (Lipinski definition) is 3. The standard InChI is InChI=1S/C42H36F3N3O6/c1-26-3-7-28(8-4-26)29-11-13-30(14-12-29)37-23-46-40(54-37)31-9-5-27(6-10-31)24-48(25-39(50)51)41(52)32-15-18-34(19-16-32)47-38(49)21-33-17-20-35(53-2)22-36(33)42(43,44)45/h3-20,22-23,38,47,49H,21,24-25H2,1-2H3,(H,50,51). The van der Waals surface area contributed by atoms with Crippen LogP contribution in [0.5, 0.6) is 5.75 Å². The zero-order valence-electron chi connectivity index (χ0n) is 29.3. The molecular formula is C42H36F3N3O6. The molecule has 0 aliphatic rings.